The van der Waals surface area contributed by atoms with Crippen LogP contribution in [0.25, 0.3) is 0 Å². The van der Waals surface area contributed by atoms with Crippen LogP contribution < -0.4 is 25.4 Å². The Kier molecular flexibility index (Phi) is 5.66. The van der Waals surface area contributed by atoms with Gasteiger partial charge in [-0.1, -0.05) is 0 Å². The fourth-order valence-corrected chi connectivity index (χ4v) is 4.34. The van der Waals surface area contributed by atoms with Gasteiger partial charge in [0.25, 0.3) is 5.91 Å². The van der Waals surface area contributed by atoms with Crippen LogP contribution >= 0.6 is 0 Å². The van der Waals surface area contributed by atoms with Crippen molar-refractivity contribution in [1.29, 1.82) is 0 Å². The number of carbonyl (C=O) groups is 1. The maximum atomic E-state index is 15.3. The number of carbonyl (C=O) groups excluding carboxylic acids is 1. The second-order valence-corrected chi connectivity index (χ2v) is 8.12. The molecule has 0 aliphatic carbocycles. The highest BCUT2D eigenvalue weighted by Crippen LogP contribution is 2.41. The van der Waals surface area contributed by atoms with Crippen LogP contribution in [-0.2, 0) is 13.0 Å². The molecular formula is C23H16F6N4O3. The third kappa shape index (κ3) is 4.15. The molecule has 1 aromatic heterocycles. The molecule has 0 atom stereocenters. The van der Waals surface area contributed by atoms with Crippen molar-refractivity contribution in [3.63, 3.8) is 0 Å². The van der Waals surface area contributed by atoms with E-state index in [0.717, 1.165) is 18.2 Å². The standard InChI is InChI=1S/C23H16F6N4O3/c24-13-7-11-18(8-14(13)25)32-10-33(22(11)35)17-2-4-20(34)31-15(17)5-6-30-9-12-16(32)1-3-19(21(12)26)36-23(27,28)29/h1-4,7-8,30H,5-6,9-10H2,(H,31,34). The number of fused-ring (bicyclic) bond motifs is 8. The highest BCUT2D eigenvalue weighted by Gasteiger charge is 2.37. The summed E-state index contributed by atoms with van der Waals surface area (Å²) in [6, 6.07) is 5.97. The van der Waals surface area contributed by atoms with E-state index in [0.29, 0.717) is 11.8 Å². The largest absolute Gasteiger partial charge is 0.573 e. The molecule has 13 heteroatoms. The van der Waals surface area contributed by atoms with Crippen LogP contribution in [0.2, 0.25) is 0 Å². The maximum absolute atomic E-state index is 15.3. The fraction of sp³-hybridized carbons (Fsp3) is 0.217. The summed E-state index contributed by atoms with van der Waals surface area (Å²) in [5.74, 6) is -5.65. The van der Waals surface area contributed by atoms with Gasteiger partial charge in [-0.3, -0.25) is 14.5 Å². The smallest absolute Gasteiger partial charge is 0.403 e. The summed E-state index contributed by atoms with van der Waals surface area (Å²) < 4.78 is 86.0. The van der Waals surface area contributed by atoms with Gasteiger partial charge in [0.2, 0.25) is 5.56 Å². The van der Waals surface area contributed by atoms with Crippen LogP contribution in [-0.4, -0.2) is 30.5 Å². The summed E-state index contributed by atoms with van der Waals surface area (Å²) >= 11 is 0. The Hall–Kier alpha value is -4.00. The first-order valence-corrected chi connectivity index (χ1v) is 10.6. The molecule has 2 N–H and O–H groups in total. The van der Waals surface area contributed by atoms with Crippen molar-refractivity contribution in [2.24, 2.45) is 0 Å². The highest BCUT2D eigenvalue weighted by molar-refractivity contribution is 6.12. The number of benzene rings is 2. The third-order valence-electron chi connectivity index (χ3n) is 5.91. The van der Waals surface area contributed by atoms with E-state index in [4.69, 9.17) is 0 Å². The van der Waals surface area contributed by atoms with Crippen LogP contribution in [0.4, 0.5) is 43.4 Å². The molecule has 1 amide bonds. The lowest BCUT2D eigenvalue weighted by Gasteiger charge is -2.39. The van der Waals surface area contributed by atoms with Crippen molar-refractivity contribution in [3.05, 3.63) is 81.0 Å². The van der Waals surface area contributed by atoms with Gasteiger partial charge in [0, 0.05) is 42.9 Å². The van der Waals surface area contributed by atoms with Gasteiger partial charge in [0.05, 0.1) is 22.6 Å². The zero-order chi connectivity index (χ0) is 25.8. The molecule has 0 saturated heterocycles. The zero-order valence-corrected chi connectivity index (χ0v) is 18.2. The topological polar surface area (TPSA) is 77.7 Å². The quantitative estimate of drug-likeness (QED) is 0.483. The van der Waals surface area contributed by atoms with E-state index in [1.54, 1.807) is 0 Å². The summed E-state index contributed by atoms with van der Waals surface area (Å²) in [5, 5.41) is 2.90. The number of halogens is 6. The van der Waals surface area contributed by atoms with Crippen LogP contribution in [0.15, 0.2) is 41.2 Å². The Bertz CT molecular complexity index is 1440. The summed E-state index contributed by atoms with van der Waals surface area (Å²) in [6.07, 6.45) is -4.99. The van der Waals surface area contributed by atoms with Crippen LogP contribution in [0.3, 0.4) is 0 Å². The second kappa shape index (κ2) is 8.59. The van der Waals surface area contributed by atoms with Crippen molar-refractivity contribution in [3.8, 4) is 5.75 Å². The molecular weight excluding hydrogens is 494 g/mol. The molecule has 5 rings (SSSR count). The molecule has 0 spiro atoms. The Labute approximate surface area is 198 Å². The predicted octanol–water partition coefficient (Wildman–Crippen LogP) is 4.09. The van der Waals surface area contributed by atoms with Gasteiger partial charge in [-0.15, -0.1) is 13.2 Å². The molecule has 2 aromatic carbocycles. The van der Waals surface area contributed by atoms with Gasteiger partial charge in [0.1, 0.15) is 6.67 Å². The van der Waals surface area contributed by atoms with E-state index >= 15 is 4.39 Å². The van der Waals surface area contributed by atoms with E-state index in [9.17, 15) is 31.5 Å². The Morgan fingerprint density at radius 2 is 1.61 bits per heavy atom. The maximum Gasteiger partial charge on any atom is 0.573 e. The van der Waals surface area contributed by atoms with Crippen molar-refractivity contribution in [2.75, 3.05) is 23.0 Å². The number of amides is 1. The zero-order valence-electron chi connectivity index (χ0n) is 18.2. The van der Waals surface area contributed by atoms with Gasteiger partial charge in [-0.2, -0.15) is 0 Å². The summed E-state index contributed by atoms with van der Waals surface area (Å²) in [5.41, 5.74) is -0.420. The molecule has 0 radical (unpaired) electrons. The lowest BCUT2D eigenvalue weighted by atomic mass is 10.0. The Morgan fingerprint density at radius 1 is 0.889 bits per heavy atom. The first-order valence-electron chi connectivity index (χ1n) is 10.6. The molecule has 2 aliphatic rings. The van der Waals surface area contributed by atoms with Crippen molar-refractivity contribution >= 4 is 23.0 Å². The second-order valence-electron chi connectivity index (χ2n) is 8.12. The van der Waals surface area contributed by atoms with Crippen LogP contribution in [0, 0.1) is 17.5 Å². The van der Waals surface area contributed by atoms with Gasteiger partial charge < -0.3 is 19.9 Å². The monoisotopic (exact) mass is 510 g/mol. The van der Waals surface area contributed by atoms with Crippen molar-refractivity contribution < 1.29 is 35.9 Å². The van der Waals surface area contributed by atoms with Crippen molar-refractivity contribution in [1.82, 2.24) is 10.3 Å². The number of alkyl halides is 3. The number of aromatic nitrogens is 1. The number of pyridine rings is 1. The number of rotatable bonds is 1. The number of nitrogens with one attached hydrogen (secondary N) is 2. The van der Waals surface area contributed by atoms with E-state index in [2.05, 4.69) is 15.0 Å². The molecule has 2 bridgehead atoms. The number of nitrogens with zero attached hydrogens (tertiary/aromatic N) is 2. The molecule has 7 nitrogen and oxygen atoms in total. The van der Waals surface area contributed by atoms with E-state index in [1.165, 1.54) is 21.9 Å². The van der Waals surface area contributed by atoms with Crippen LogP contribution in [0.5, 0.6) is 5.75 Å². The summed E-state index contributed by atoms with van der Waals surface area (Å²) in [7, 11) is 0. The number of hydrogen-bond acceptors (Lipinski definition) is 5. The minimum atomic E-state index is -5.15. The number of H-pyrrole nitrogens is 1. The summed E-state index contributed by atoms with van der Waals surface area (Å²) in [4.78, 5) is 30.4. The van der Waals surface area contributed by atoms with E-state index in [-0.39, 0.29) is 54.4 Å². The third-order valence-corrected chi connectivity index (χ3v) is 5.91. The minimum absolute atomic E-state index is 0.00663. The molecule has 0 unspecified atom stereocenters. The van der Waals surface area contributed by atoms with Crippen LogP contribution in [0.1, 0.15) is 21.6 Å². The Balaban J connectivity index is 1.75. The number of ether oxygens (including phenoxy) is 1. The number of anilines is 3. The lowest BCUT2D eigenvalue weighted by Crippen LogP contribution is -2.46. The SMILES string of the molecule is O=C1c2cc(F)c(F)cc2N2CN1c1ccc(=O)[nH]c1CCNCc1c2ccc(OC(F)(F)F)c1F. The number of aromatic amines is 1. The molecule has 36 heavy (non-hydrogen) atoms. The van der Waals surface area contributed by atoms with Gasteiger partial charge >= 0.3 is 6.36 Å². The van der Waals surface area contributed by atoms with E-state index in [1.807, 2.05) is 0 Å². The van der Waals surface area contributed by atoms with Gasteiger partial charge in [-0.25, -0.2) is 13.2 Å². The van der Waals surface area contributed by atoms with Gasteiger partial charge in [0.15, 0.2) is 23.2 Å². The average Bonchev–Trinajstić information content (AvgIpc) is 2.82. The predicted molar refractivity (Wildman–Crippen MR) is 116 cm³/mol. The summed E-state index contributed by atoms with van der Waals surface area (Å²) in [6.45, 7) is -0.456. The number of hydrogen-bond donors (Lipinski definition) is 2. The molecule has 0 saturated carbocycles. The lowest BCUT2D eigenvalue weighted by molar-refractivity contribution is -0.275. The molecule has 0 fully saturated rings. The first kappa shape index (κ1) is 23.7. The molecule has 3 heterocycles. The molecule has 188 valence electrons. The van der Waals surface area contributed by atoms with Gasteiger partial charge in [-0.05, 0) is 24.3 Å². The first-order chi connectivity index (χ1) is 17.0. The fourth-order valence-electron chi connectivity index (χ4n) is 4.34. The van der Waals surface area contributed by atoms with Crippen molar-refractivity contribution in [2.45, 2.75) is 19.3 Å². The molecule has 3 aromatic rings. The normalized spacial score (nSPS) is 15.6. The average molecular weight is 510 g/mol. The highest BCUT2D eigenvalue weighted by atomic mass is 19.4. The van der Waals surface area contributed by atoms with E-state index < -0.39 is 41.0 Å². The molecule has 2 aliphatic heterocycles. The Morgan fingerprint density at radius 3 is 2.36 bits per heavy atom. The minimum Gasteiger partial charge on any atom is -0.403 e.